The van der Waals surface area contributed by atoms with Gasteiger partial charge in [0.15, 0.2) is 0 Å². The van der Waals surface area contributed by atoms with Crippen molar-refractivity contribution in [2.24, 2.45) is 17.3 Å². The first-order valence-electron chi connectivity index (χ1n) is 8.21. The van der Waals surface area contributed by atoms with Crippen LogP contribution in [-0.2, 0) is 16.2 Å². The van der Waals surface area contributed by atoms with Crippen LogP contribution in [0.3, 0.4) is 0 Å². The zero-order chi connectivity index (χ0) is 19.1. The molecule has 1 aromatic heterocycles. The third-order valence-corrected chi connectivity index (χ3v) is 4.93. The van der Waals surface area contributed by atoms with E-state index in [1.807, 2.05) is 0 Å². The van der Waals surface area contributed by atoms with Crippen molar-refractivity contribution < 1.29 is 29.0 Å². The summed E-state index contributed by atoms with van der Waals surface area (Å²) in [5.41, 5.74) is 0.631. The number of carboxylic acid groups (broad SMARTS) is 1. The van der Waals surface area contributed by atoms with Crippen LogP contribution in [-0.4, -0.2) is 29.2 Å². The summed E-state index contributed by atoms with van der Waals surface area (Å²) in [6.45, 7) is 3.35. The predicted octanol–water partition coefficient (Wildman–Crippen LogP) is 2.74. The first kappa shape index (κ1) is 18.0. The Morgan fingerprint density at radius 3 is 2.50 bits per heavy atom. The highest BCUT2D eigenvalue weighted by Crippen LogP contribution is 2.58. The quantitative estimate of drug-likeness (QED) is 0.732. The minimum atomic E-state index is -0.958. The molecule has 1 saturated carbocycles. The molecule has 0 aliphatic heterocycles. The molecule has 0 bridgehead atoms. The minimum absolute atomic E-state index is 0.196. The van der Waals surface area contributed by atoms with Crippen molar-refractivity contribution in [2.75, 3.05) is 12.4 Å². The summed E-state index contributed by atoms with van der Waals surface area (Å²) >= 11 is 0. The number of amides is 1. The van der Waals surface area contributed by atoms with E-state index in [9.17, 15) is 14.7 Å². The Morgan fingerprint density at radius 1 is 1.23 bits per heavy atom. The normalized spacial score (nSPS) is 20.5. The Bertz CT molecular complexity index is 853. The number of hydrogen-bond acceptors (Lipinski definition) is 5. The lowest BCUT2D eigenvalue weighted by molar-refractivity contribution is -0.140. The van der Waals surface area contributed by atoms with Gasteiger partial charge >= 0.3 is 5.97 Å². The fourth-order valence-electron chi connectivity index (χ4n) is 3.39. The van der Waals surface area contributed by atoms with E-state index in [1.54, 1.807) is 44.2 Å². The van der Waals surface area contributed by atoms with Gasteiger partial charge in [-0.2, -0.15) is 0 Å². The molecular weight excluding hydrogens is 338 g/mol. The van der Waals surface area contributed by atoms with E-state index in [-0.39, 0.29) is 12.5 Å². The number of aliphatic hydroxyl groups excluding tert-OH is 1. The summed E-state index contributed by atoms with van der Waals surface area (Å²) < 4.78 is 10.9. The lowest BCUT2D eigenvalue weighted by Gasteiger charge is -2.11. The molecule has 3 rings (SSSR count). The van der Waals surface area contributed by atoms with Gasteiger partial charge < -0.3 is 24.7 Å². The fourth-order valence-corrected chi connectivity index (χ4v) is 3.39. The molecule has 1 fully saturated rings. The minimum Gasteiger partial charge on any atom is -0.496 e. The van der Waals surface area contributed by atoms with Crippen molar-refractivity contribution in [1.82, 2.24) is 0 Å². The summed E-state index contributed by atoms with van der Waals surface area (Å²) in [5, 5.41) is 21.1. The Hall–Kier alpha value is -2.80. The van der Waals surface area contributed by atoms with Crippen molar-refractivity contribution in [3.8, 4) is 17.1 Å². The largest absolute Gasteiger partial charge is 0.496 e. The van der Waals surface area contributed by atoms with Gasteiger partial charge in [-0.05, 0) is 29.7 Å². The summed E-state index contributed by atoms with van der Waals surface area (Å²) in [5.74, 6) is -1.05. The van der Waals surface area contributed by atoms with E-state index < -0.39 is 23.2 Å². The fraction of sp³-hybridized carbons (Fsp3) is 0.368. The number of furan rings is 1. The molecule has 0 spiro atoms. The van der Waals surface area contributed by atoms with E-state index >= 15 is 0 Å². The molecule has 2 aromatic rings. The average Bonchev–Trinajstić information content (AvgIpc) is 2.94. The van der Waals surface area contributed by atoms with Gasteiger partial charge in [0.05, 0.1) is 24.5 Å². The van der Waals surface area contributed by atoms with Crippen LogP contribution in [0, 0.1) is 17.3 Å². The van der Waals surface area contributed by atoms with Crippen LogP contribution in [0.25, 0.3) is 11.3 Å². The predicted molar refractivity (Wildman–Crippen MR) is 93.6 cm³/mol. The van der Waals surface area contributed by atoms with E-state index in [0.29, 0.717) is 28.5 Å². The highest BCUT2D eigenvalue weighted by molar-refractivity contribution is 6.00. The van der Waals surface area contributed by atoms with Crippen LogP contribution in [0.5, 0.6) is 5.75 Å². The van der Waals surface area contributed by atoms with E-state index in [2.05, 4.69) is 5.32 Å². The van der Waals surface area contributed by atoms with Gasteiger partial charge in [0.25, 0.3) is 0 Å². The average molecular weight is 359 g/mol. The molecular formula is C19H21NO6. The number of aliphatic carboxylic acids is 1. The third kappa shape index (κ3) is 3.06. The molecule has 7 nitrogen and oxygen atoms in total. The monoisotopic (exact) mass is 359 g/mol. The number of hydrogen-bond donors (Lipinski definition) is 3. The summed E-state index contributed by atoms with van der Waals surface area (Å²) in [4.78, 5) is 23.7. The van der Waals surface area contributed by atoms with E-state index in [4.69, 9.17) is 14.3 Å². The van der Waals surface area contributed by atoms with Crippen molar-refractivity contribution in [3.63, 3.8) is 0 Å². The number of ether oxygens (including phenoxy) is 1. The van der Waals surface area contributed by atoms with Crippen molar-refractivity contribution in [1.29, 1.82) is 0 Å². The standard InChI is InChI=1S/C19H21NO6/c1-19(2)15(16(19)18(23)24)17(22)20-10-4-6-12(14(8-10)25-3)13-7-5-11(9-21)26-13/h4-8,15-16,21H,9H2,1-3H3,(H,20,22)(H,23,24)/t15-,16+/m1/s1. The molecule has 1 heterocycles. The smallest absolute Gasteiger partial charge is 0.307 e. The lowest BCUT2D eigenvalue weighted by atomic mass is 10.1. The highest BCUT2D eigenvalue weighted by Gasteiger charge is 2.65. The molecule has 1 aromatic carbocycles. The maximum absolute atomic E-state index is 12.4. The number of aliphatic hydroxyl groups is 1. The Balaban J connectivity index is 1.80. The van der Waals surface area contributed by atoms with E-state index in [1.165, 1.54) is 7.11 Å². The SMILES string of the molecule is COc1cc(NC(=O)[C@H]2[C@@H](C(=O)O)C2(C)C)ccc1-c1ccc(CO)o1. The Morgan fingerprint density at radius 2 is 1.96 bits per heavy atom. The van der Waals surface area contributed by atoms with Crippen LogP contribution in [0.4, 0.5) is 5.69 Å². The van der Waals surface area contributed by atoms with Crippen LogP contribution in [0.2, 0.25) is 0 Å². The summed E-state index contributed by atoms with van der Waals surface area (Å²) in [6, 6.07) is 8.49. The number of carbonyl (C=O) groups excluding carboxylic acids is 1. The van der Waals surface area contributed by atoms with Crippen molar-refractivity contribution in [3.05, 3.63) is 36.1 Å². The second kappa shape index (κ2) is 6.49. The highest BCUT2D eigenvalue weighted by atomic mass is 16.5. The van der Waals surface area contributed by atoms with Gasteiger partial charge in [-0.3, -0.25) is 9.59 Å². The summed E-state index contributed by atoms with van der Waals surface area (Å²) in [7, 11) is 1.50. The molecule has 0 radical (unpaired) electrons. The number of benzene rings is 1. The zero-order valence-corrected chi connectivity index (χ0v) is 14.8. The first-order chi connectivity index (χ1) is 12.3. The maximum Gasteiger partial charge on any atom is 0.307 e. The molecule has 2 atom stereocenters. The Labute approximate surface area is 150 Å². The van der Waals surface area contributed by atoms with Gasteiger partial charge in [0, 0.05) is 11.8 Å². The van der Waals surface area contributed by atoms with Crippen LogP contribution >= 0.6 is 0 Å². The molecule has 1 amide bonds. The van der Waals surface area contributed by atoms with E-state index in [0.717, 1.165) is 0 Å². The molecule has 1 aliphatic carbocycles. The van der Waals surface area contributed by atoms with Gasteiger partial charge in [0.2, 0.25) is 5.91 Å². The van der Waals surface area contributed by atoms with Crippen LogP contribution in [0.1, 0.15) is 19.6 Å². The zero-order valence-electron chi connectivity index (χ0n) is 14.8. The third-order valence-electron chi connectivity index (χ3n) is 4.93. The number of rotatable bonds is 6. The van der Waals surface area contributed by atoms with Crippen molar-refractivity contribution in [2.45, 2.75) is 20.5 Å². The number of anilines is 1. The molecule has 0 saturated heterocycles. The molecule has 3 N–H and O–H groups in total. The molecule has 26 heavy (non-hydrogen) atoms. The molecule has 0 unspecified atom stereocenters. The van der Waals surface area contributed by atoms with Gasteiger partial charge in [-0.15, -0.1) is 0 Å². The number of carbonyl (C=O) groups is 2. The molecule has 7 heteroatoms. The van der Waals surface area contributed by atoms with Crippen LogP contribution in [0.15, 0.2) is 34.7 Å². The number of carboxylic acids is 1. The van der Waals surface area contributed by atoms with Crippen LogP contribution < -0.4 is 10.1 Å². The number of nitrogens with one attached hydrogen (secondary N) is 1. The van der Waals surface area contributed by atoms with Gasteiger partial charge in [-0.25, -0.2) is 0 Å². The summed E-state index contributed by atoms with van der Waals surface area (Å²) in [6.07, 6.45) is 0. The molecule has 138 valence electrons. The first-order valence-corrected chi connectivity index (χ1v) is 8.21. The number of methoxy groups -OCH3 is 1. The maximum atomic E-state index is 12.4. The van der Waals surface area contributed by atoms with Crippen molar-refractivity contribution >= 4 is 17.6 Å². The Kier molecular flexibility index (Phi) is 4.50. The molecule has 1 aliphatic rings. The second-order valence-electron chi connectivity index (χ2n) is 6.94. The van der Waals surface area contributed by atoms with Gasteiger partial charge in [0.1, 0.15) is 23.9 Å². The lowest BCUT2D eigenvalue weighted by Crippen LogP contribution is -2.17. The topological polar surface area (TPSA) is 109 Å². The van der Waals surface area contributed by atoms with Gasteiger partial charge in [-0.1, -0.05) is 13.8 Å². The second-order valence-corrected chi connectivity index (χ2v) is 6.94.